The van der Waals surface area contributed by atoms with Crippen LogP contribution in [0.2, 0.25) is 0 Å². The van der Waals surface area contributed by atoms with E-state index < -0.39 is 0 Å². The van der Waals surface area contributed by atoms with E-state index in [0.717, 1.165) is 31.5 Å². The van der Waals surface area contributed by atoms with E-state index in [9.17, 15) is 4.79 Å². The molecule has 1 amide bonds. The van der Waals surface area contributed by atoms with Crippen LogP contribution in [0.1, 0.15) is 42.0 Å². The summed E-state index contributed by atoms with van der Waals surface area (Å²) in [5.41, 5.74) is 9.02. The van der Waals surface area contributed by atoms with E-state index >= 15 is 0 Å². The third-order valence-electron chi connectivity index (χ3n) is 6.02. The maximum Gasteiger partial charge on any atom is 0.221 e. The highest BCUT2D eigenvalue weighted by molar-refractivity contribution is 5.77. The minimum absolute atomic E-state index is 0.0248. The standard InChI is InChI=1S/C22H28N4O2/c23-10-7-19(27)26-20-17-5-1-2-6-18(17)22(8-12-24-13-9-22)21(20)28-15-16-4-3-11-25-14-16/h1-6,11,14,20-21,24H,7-10,12-13,15,23H2,(H,26,27). The minimum atomic E-state index is -0.162. The Morgan fingerprint density at radius 2 is 2.07 bits per heavy atom. The second kappa shape index (κ2) is 8.39. The zero-order valence-corrected chi connectivity index (χ0v) is 16.1. The molecule has 2 unspecified atom stereocenters. The zero-order valence-electron chi connectivity index (χ0n) is 16.1. The third-order valence-corrected chi connectivity index (χ3v) is 6.02. The van der Waals surface area contributed by atoms with Crippen LogP contribution in [0.3, 0.4) is 0 Å². The van der Waals surface area contributed by atoms with Crippen LogP contribution in [-0.4, -0.2) is 36.6 Å². The number of ether oxygens (including phenoxy) is 1. The maximum absolute atomic E-state index is 12.4. The molecule has 6 nitrogen and oxygen atoms in total. The van der Waals surface area contributed by atoms with Crippen LogP contribution >= 0.6 is 0 Å². The van der Waals surface area contributed by atoms with Crippen molar-refractivity contribution in [3.63, 3.8) is 0 Å². The molecule has 148 valence electrons. The van der Waals surface area contributed by atoms with Crippen molar-refractivity contribution in [2.45, 2.75) is 43.4 Å². The average Bonchev–Trinajstić information content (AvgIpc) is 2.97. The van der Waals surface area contributed by atoms with Crippen LogP contribution in [0.4, 0.5) is 0 Å². The molecule has 2 atom stereocenters. The number of nitrogens with one attached hydrogen (secondary N) is 2. The molecule has 1 aromatic heterocycles. The lowest BCUT2D eigenvalue weighted by atomic mass is 9.72. The quantitative estimate of drug-likeness (QED) is 0.711. The van der Waals surface area contributed by atoms with E-state index in [2.05, 4.69) is 33.8 Å². The van der Waals surface area contributed by atoms with Crippen LogP contribution in [-0.2, 0) is 21.6 Å². The lowest BCUT2D eigenvalue weighted by Crippen LogP contribution is -2.49. The summed E-state index contributed by atoms with van der Waals surface area (Å²) in [5.74, 6) is -0.0248. The van der Waals surface area contributed by atoms with Gasteiger partial charge in [0.25, 0.3) is 0 Å². The lowest BCUT2D eigenvalue weighted by molar-refractivity contribution is -0.123. The molecule has 1 aliphatic carbocycles. The summed E-state index contributed by atoms with van der Waals surface area (Å²) in [5, 5.41) is 6.68. The normalized spacial score (nSPS) is 22.8. The Bertz CT molecular complexity index is 805. The fraction of sp³-hybridized carbons (Fsp3) is 0.455. The van der Waals surface area contributed by atoms with E-state index in [0.29, 0.717) is 19.6 Å². The van der Waals surface area contributed by atoms with Gasteiger partial charge in [0.2, 0.25) is 5.91 Å². The second-order valence-corrected chi connectivity index (χ2v) is 7.67. The Labute approximate surface area is 165 Å². The molecule has 28 heavy (non-hydrogen) atoms. The van der Waals surface area contributed by atoms with Gasteiger partial charge < -0.3 is 21.1 Å². The number of rotatable bonds is 6. The average molecular weight is 380 g/mol. The van der Waals surface area contributed by atoms with Crippen LogP contribution < -0.4 is 16.4 Å². The first-order valence-electron chi connectivity index (χ1n) is 10.0. The SMILES string of the molecule is NCCC(=O)NC1c2ccccc2C2(CCNCC2)C1OCc1cccnc1. The summed E-state index contributed by atoms with van der Waals surface area (Å²) >= 11 is 0. The van der Waals surface area contributed by atoms with Gasteiger partial charge in [-0.15, -0.1) is 0 Å². The number of hydrogen-bond donors (Lipinski definition) is 3. The van der Waals surface area contributed by atoms with Crippen molar-refractivity contribution in [1.82, 2.24) is 15.6 Å². The number of nitrogens with zero attached hydrogens (tertiary/aromatic N) is 1. The summed E-state index contributed by atoms with van der Waals surface area (Å²) in [4.78, 5) is 16.6. The second-order valence-electron chi connectivity index (χ2n) is 7.67. The fourth-order valence-electron chi connectivity index (χ4n) is 4.74. The Kier molecular flexibility index (Phi) is 5.71. The first-order chi connectivity index (χ1) is 13.7. The smallest absolute Gasteiger partial charge is 0.221 e. The Hall–Kier alpha value is -2.28. The molecule has 0 bridgehead atoms. The summed E-state index contributed by atoms with van der Waals surface area (Å²) in [6.07, 6.45) is 5.78. The molecule has 0 radical (unpaired) electrons. The number of pyridine rings is 1. The number of fused-ring (bicyclic) bond motifs is 2. The molecule has 6 heteroatoms. The zero-order chi connectivity index (χ0) is 19.4. The fourth-order valence-corrected chi connectivity index (χ4v) is 4.74. The molecule has 2 heterocycles. The van der Waals surface area contributed by atoms with Crippen molar-refractivity contribution >= 4 is 5.91 Å². The Morgan fingerprint density at radius 1 is 1.25 bits per heavy atom. The molecule has 0 saturated carbocycles. The summed E-state index contributed by atoms with van der Waals surface area (Å²) in [6, 6.07) is 12.2. The van der Waals surface area contributed by atoms with E-state index in [1.165, 1.54) is 11.1 Å². The number of carbonyl (C=O) groups is 1. The highest BCUT2D eigenvalue weighted by Crippen LogP contribution is 2.51. The predicted octanol–water partition coefficient (Wildman–Crippen LogP) is 1.81. The largest absolute Gasteiger partial charge is 0.370 e. The van der Waals surface area contributed by atoms with E-state index in [4.69, 9.17) is 10.5 Å². The highest BCUT2D eigenvalue weighted by atomic mass is 16.5. The predicted molar refractivity (Wildman–Crippen MR) is 108 cm³/mol. The number of piperidine rings is 1. The monoisotopic (exact) mass is 380 g/mol. The minimum Gasteiger partial charge on any atom is -0.370 e. The van der Waals surface area contributed by atoms with E-state index in [-0.39, 0.29) is 23.5 Å². The van der Waals surface area contributed by atoms with Gasteiger partial charge in [0.1, 0.15) is 0 Å². The number of aromatic nitrogens is 1. The van der Waals surface area contributed by atoms with Crippen molar-refractivity contribution in [2.24, 2.45) is 5.73 Å². The third kappa shape index (κ3) is 3.55. The Morgan fingerprint density at radius 3 is 2.82 bits per heavy atom. The van der Waals surface area contributed by atoms with Crippen molar-refractivity contribution in [1.29, 1.82) is 0 Å². The topological polar surface area (TPSA) is 89.3 Å². The van der Waals surface area contributed by atoms with Crippen molar-refractivity contribution in [3.8, 4) is 0 Å². The van der Waals surface area contributed by atoms with Gasteiger partial charge in [-0.3, -0.25) is 9.78 Å². The van der Waals surface area contributed by atoms with Gasteiger partial charge in [0.15, 0.2) is 0 Å². The molecule has 1 fully saturated rings. The molecule has 1 aliphatic heterocycles. The molecule has 2 aromatic rings. The van der Waals surface area contributed by atoms with Crippen LogP contribution in [0.5, 0.6) is 0 Å². The first-order valence-corrected chi connectivity index (χ1v) is 10.0. The summed E-state index contributed by atoms with van der Waals surface area (Å²) < 4.78 is 6.54. The van der Waals surface area contributed by atoms with Crippen molar-refractivity contribution in [3.05, 3.63) is 65.5 Å². The van der Waals surface area contributed by atoms with Gasteiger partial charge >= 0.3 is 0 Å². The molecule has 1 aromatic carbocycles. The number of amides is 1. The highest BCUT2D eigenvalue weighted by Gasteiger charge is 2.53. The van der Waals surface area contributed by atoms with Gasteiger partial charge in [0.05, 0.1) is 18.8 Å². The molecule has 1 spiro atoms. The van der Waals surface area contributed by atoms with Gasteiger partial charge in [-0.25, -0.2) is 0 Å². The van der Waals surface area contributed by atoms with Gasteiger partial charge in [-0.2, -0.15) is 0 Å². The number of nitrogens with two attached hydrogens (primary N) is 1. The van der Waals surface area contributed by atoms with Gasteiger partial charge in [-0.05, 0) is 48.7 Å². The summed E-state index contributed by atoms with van der Waals surface area (Å²) in [6.45, 7) is 2.72. The van der Waals surface area contributed by atoms with Crippen molar-refractivity contribution in [2.75, 3.05) is 19.6 Å². The molecular weight excluding hydrogens is 352 g/mol. The van der Waals surface area contributed by atoms with E-state index in [1.54, 1.807) is 6.20 Å². The molecular formula is C22H28N4O2. The van der Waals surface area contributed by atoms with Gasteiger partial charge in [0, 0.05) is 30.8 Å². The van der Waals surface area contributed by atoms with Gasteiger partial charge in [-0.1, -0.05) is 30.3 Å². The molecule has 4 N–H and O–H groups in total. The molecule has 1 saturated heterocycles. The maximum atomic E-state index is 12.4. The summed E-state index contributed by atoms with van der Waals surface area (Å²) in [7, 11) is 0. The Balaban J connectivity index is 1.67. The van der Waals surface area contributed by atoms with Crippen LogP contribution in [0, 0.1) is 0 Å². The number of carbonyl (C=O) groups excluding carboxylic acids is 1. The lowest BCUT2D eigenvalue weighted by Gasteiger charge is -2.41. The first kappa shape index (κ1) is 19.1. The van der Waals surface area contributed by atoms with E-state index in [1.807, 2.05) is 24.4 Å². The molecule has 4 rings (SSSR count). The number of hydrogen-bond acceptors (Lipinski definition) is 5. The molecule has 2 aliphatic rings. The number of benzene rings is 1. The van der Waals surface area contributed by atoms with Crippen molar-refractivity contribution < 1.29 is 9.53 Å². The van der Waals surface area contributed by atoms with Crippen LogP contribution in [0.25, 0.3) is 0 Å². The van der Waals surface area contributed by atoms with Crippen LogP contribution in [0.15, 0.2) is 48.8 Å².